The van der Waals surface area contributed by atoms with Gasteiger partial charge in [0.05, 0.1) is 30.3 Å². The molecule has 2 N–H and O–H groups in total. The van der Waals surface area contributed by atoms with Gasteiger partial charge in [0.2, 0.25) is 13.8 Å². The molecule has 1 aliphatic heterocycles. The highest BCUT2D eigenvalue weighted by Crippen LogP contribution is 2.39. The molecule has 0 bridgehead atoms. The number of carbonyl (C=O) groups is 2. The summed E-state index contributed by atoms with van der Waals surface area (Å²) in [6.45, 7) is 8.42. The Morgan fingerprint density at radius 3 is 2.22 bits per heavy atom. The van der Waals surface area contributed by atoms with Crippen LogP contribution in [0.15, 0.2) is 36.4 Å². The summed E-state index contributed by atoms with van der Waals surface area (Å²) in [5, 5.41) is 3.84. The largest absolute Gasteiger partial charge is 0.492 e. The van der Waals surface area contributed by atoms with Crippen LogP contribution in [0.2, 0.25) is 0 Å². The summed E-state index contributed by atoms with van der Waals surface area (Å²) in [5.41, 5.74) is 3.39. The van der Waals surface area contributed by atoms with E-state index in [0.29, 0.717) is 44.1 Å². The third-order valence-corrected chi connectivity index (χ3v) is 8.38. The molecular formula is C30H38Cl3N5O6S. The number of para-hydroxylation sites is 1. The molecule has 0 radical (unpaired) electrons. The zero-order valence-electron chi connectivity index (χ0n) is 26.0. The maximum Gasteiger partial charge on any atom is 0.409 e. The van der Waals surface area contributed by atoms with Gasteiger partial charge in [0, 0.05) is 45.2 Å². The van der Waals surface area contributed by atoms with Gasteiger partial charge in [0.25, 0.3) is 5.91 Å². The minimum atomic E-state index is -3.62. The van der Waals surface area contributed by atoms with Crippen molar-refractivity contribution >= 4 is 79.1 Å². The SMILES string of the molecule is COc1c(NC(=O)c2cc3cccc(CN4CCN(C(=O)OCC(Cl)(Cl)Cl)CC4)c3n2C)cc(C(C)(C)C)cc1NS(C)(=O)=O. The number of anilines is 2. The van der Waals surface area contributed by atoms with Crippen molar-refractivity contribution in [3.05, 3.63) is 53.2 Å². The summed E-state index contributed by atoms with van der Waals surface area (Å²) in [7, 11) is -0.363. The number of hydrogen-bond donors (Lipinski definition) is 2. The van der Waals surface area contributed by atoms with Crippen LogP contribution >= 0.6 is 34.8 Å². The molecule has 4 rings (SSSR count). The number of aryl methyl sites for hydroxylation is 1. The molecule has 246 valence electrons. The Balaban J connectivity index is 1.56. The zero-order valence-corrected chi connectivity index (χ0v) is 29.1. The summed E-state index contributed by atoms with van der Waals surface area (Å²) in [6, 6.07) is 11.2. The van der Waals surface area contributed by atoms with E-state index in [1.807, 2.05) is 56.7 Å². The minimum absolute atomic E-state index is 0.205. The summed E-state index contributed by atoms with van der Waals surface area (Å²) >= 11 is 17.1. The number of alkyl halides is 3. The number of ether oxygens (including phenoxy) is 2. The number of nitrogens with zero attached hydrogens (tertiary/aromatic N) is 3. The first-order valence-electron chi connectivity index (χ1n) is 14.2. The van der Waals surface area contributed by atoms with Gasteiger partial charge in [-0.3, -0.25) is 14.4 Å². The van der Waals surface area contributed by atoms with Gasteiger partial charge in [-0.2, -0.15) is 0 Å². The second-order valence-electron chi connectivity index (χ2n) is 12.1. The standard InChI is InChI=1S/C30H38Cl3N5O6S/c1-29(2,3)21-15-22(26(43-5)23(16-21)35-45(6,41)42)34-27(39)24-14-19-8-7-9-20(25(19)36(24)4)17-37-10-12-38(13-11-37)28(40)44-18-30(31,32)33/h7-9,14-16,35H,10-13,17-18H2,1-6H3,(H,34,39). The molecule has 0 aliphatic carbocycles. The predicted molar refractivity (Wildman–Crippen MR) is 180 cm³/mol. The fraction of sp³-hybridized carbons (Fsp3) is 0.467. The number of sulfonamides is 1. The van der Waals surface area contributed by atoms with E-state index in [4.69, 9.17) is 44.3 Å². The van der Waals surface area contributed by atoms with Crippen LogP contribution in [0.1, 0.15) is 42.4 Å². The Morgan fingerprint density at radius 1 is 1.00 bits per heavy atom. The number of amides is 2. The number of benzene rings is 2. The van der Waals surface area contributed by atoms with E-state index >= 15 is 0 Å². The molecule has 11 nitrogen and oxygen atoms in total. The average Bonchev–Trinajstić information content (AvgIpc) is 3.27. The Labute approximate surface area is 278 Å². The highest BCUT2D eigenvalue weighted by molar-refractivity contribution is 7.92. The van der Waals surface area contributed by atoms with E-state index in [9.17, 15) is 18.0 Å². The van der Waals surface area contributed by atoms with Gasteiger partial charge in [0.1, 0.15) is 12.3 Å². The number of nitrogens with one attached hydrogen (secondary N) is 2. The van der Waals surface area contributed by atoms with Crippen LogP contribution in [-0.4, -0.2) is 84.7 Å². The molecule has 0 saturated carbocycles. The van der Waals surface area contributed by atoms with Crippen molar-refractivity contribution in [3.8, 4) is 5.75 Å². The molecule has 2 aromatic carbocycles. The van der Waals surface area contributed by atoms with Crippen LogP contribution in [0.25, 0.3) is 10.9 Å². The zero-order chi connectivity index (χ0) is 33.3. The Bertz CT molecular complexity index is 1690. The fourth-order valence-corrected chi connectivity index (χ4v) is 5.96. The molecule has 2 heterocycles. The summed E-state index contributed by atoms with van der Waals surface area (Å²) in [5.74, 6) is -0.173. The number of hydrogen-bond acceptors (Lipinski definition) is 7. The molecule has 15 heteroatoms. The predicted octanol–water partition coefficient (Wildman–Crippen LogP) is 5.73. The van der Waals surface area contributed by atoms with Crippen molar-refractivity contribution in [2.24, 2.45) is 7.05 Å². The smallest absolute Gasteiger partial charge is 0.409 e. The van der Waals surface area contributed by atoms with Crippen LogP contribution in [0.5, 0.6) is 5.75 Å². The lowest BCUT2D eigenvalue weighted by atomic mass is 9.86. The van der Waals surface area contributed by atoms with Crippen molar-refractivity contribution < 1.29 is 27.5 Å². The van der Waals surface area contributed by atoms with Gasteiger partial charge in [-0.05, 0) is 34.7 Å². The van der Waals surface area contributed by atoms with E-state index in [1.165, 1.54) is 7.11 Å². The Kier molecular flexibility index (Phi) is 10.4. The third kappa shape index (κ3) is 8.88. The highest BCUT2D eigenvalue weighted by Gasteiger charge is 2.28. The van der Waals surface area contributed by atoms with E-state index in [2.05, 4.69) is 14.9 Å². The van der Waals surface area contributed by atoms with E-state index in [0.717, 1.165) is 28.3 Å². The molecule has 1 aliphatic rings. The van der Waals surface area contributed by atoms with Crippen LogP contribution in [0.4, 0.5) is 16.2 Å². The van der Waals surface area contributed by atoms with E-state index in [-0.39, 0.29) is 29.4 Å². The van der Waals surface area contributed by atoms with Crippen LogP contribution < -0.4 is 14.8 Å². The van der Waals surface area contributed by atoms with Gasteiger partial charge in [-0.15, -0.1) is 0 Å². The lowest BCUT2D eigenvalue weighted by Crippen LogP contribution is -2.48. The monoisotopic (exact) mass is 701 g/mol. The molecule has 0 atom stereocenters. The Hall–Kier alpha value is -2.90. The summed E-state index contributed by atoms with van der Waals surface area (Å²) in [4.78, 5) is 29.9. The molecule has 1 saturated heterocycles. The van der Waals surface area contributed by atoms with E-state index < -0.39 is 19.9 Å². The van der Waals surface area contributed by atoms with Gasteiger partial charge >= 0.3 is 6.09 Å². The lowest BCUT2D eigenvalue weighted by Gasteiger charge is -2.34. The number of piperazine rings is 1. The molecule has 2 amide bonds. The van der Waals surface area contributed by atoms with Gasteiger partial charge in [0.15, 0.2) is 5.75 Å². The lowest BCUT2D eigenvalue weighted by molar-refractivity contribution is 0.0758. The van der Waals surface area contributed by atoms with E-state index in [1.54, 1.807) is 17.0 Å². The van der Waals surface area contributed by atoms with Gasteiger partial charge < -0.3 is 24.3 Å². The van der Waals surface area contributed by atoms with Crippen molar-refractivity contribution in [2.75, 3.05) is 56.2 Å². The number of halogens is 3. The molecule has 3 aromatic rings. The summed E-state index contributed by atoms with van der Waals surface area (Å²) in [6.07, 6.45) is 0.537. The normalized spacial score (nSPS) is 14.8. The quantitative estimate of drug-likeness (QED) is 0.288. The summed E-state index contributed by atoms with van der Waals surface area (Å²) < 4.78 is 37.6. The molecule has 0 spiro atoms. The van der Waals surface area contributed by atoms with Crippen LogP contribution in [0, 0.1) is 0 Å². The molecule has 45 heavy (non-hydrogen) atoms. The maximum atomic E-state index is 13.7. The first kappa shape index (κ1) is 35.0. The second kappa shape index (κ2) is 13.4. The fourth-order valence-electron chi connectivity index (χ4n) is 5.25. The van der Waals surface area contributed by atoms with Gasteiger partial charge in [-0.1, -0.05) is 73.8 Å². The highest BCUT2D eigenvalue weighted by atomic mass is 35.6. The van der Waals surface area contributed by atoms with Gasteiger partial charge in [-0.25, -0.2) is 13.2 Å². The Morgan fingerprint density at radius 2 is 1.64 bits per heavy atom. The molecule has 1 aromatic heterocycles. The number of fused-ring (bicyclic) bond motifs is 1. The second-order valence-corrected chi connectivity index (χ2v) is 16.3. The topological polar surface area (TPSA) is 122 Å². The van der Waals surface area contributed by atoms with Crippen molar-refractivity contribution in [3.63, 3.8) is 0 Å². The van der Waals surface area contributed by atoms with Crippen molar-refractivity contribution in [1.82, 2.24) is 14.4 Å². The molecule has 1 fully saturated rings. The maximum absolute atomic E-state index is 13.7. The van der Waals surface area contributed by atoms with Crippen LogP contribution in [-0.2, 0) is 33.8 Å². The molecular weight excluding hydrogens is 665 g/mol. The average molecular weight is 703 g/mol. The number of rotatable bonds is 8. The first-order chi connectivity index (χ1) is 20.9. The number of methoxy groups -OCH3 is 1. The number of aromatic nitrogens is 1. The van der Waals surface area contributed by atoms with Crippen molar-refractivity contribution in [2.45, 2.75) is 36.5 Å². The van der Waals surface area contributed by atoms with Crippen molar-refractivity contribution in [1.29, 1.82) is 0 Å². The first-order valence-corrected chi connectivity index (χ1v) is 17.2. The van der Waals surface area contributed by atoms with Crippen LogP contribution in [0.3, 0.4) is 0 Å². The minimum Gasteiger partial charge on any atom is -0.492 e. The third-order valence-electron chi connectivity index (χ3n) is 7.46. The number of carbonyl (C=O) groups excluding carboxylic acids is 2. The molecule has 0 unspecified atom stereocenters.